The number of aliphatic hydroxyl groups is 1. The van der Waals surface area contributed by atoms with Gasteiger partial charge >= 0.3 is 0 Å². The van der Waals surface area contributed by atoms with E-state index in [1.165, 1.54) is 4.90 Å². The van der Waals surface area contributed by atoms with Gasteiger partial charge in [0.2, 0.25) is 5.91 Å². The Morgan fingerprint density at radius 3 is 2.64 bits per heavy atom. The molecule has 0 bridgehead atoms. The van der Waals surface area contributed by atoms with Crippen molar-refractivity contribution in [2.24, 2.45) is 5.73 Å². The topological polar surface area (TPSA) is 83.6 Å². The summed E-state index contributed by atoms with van der Waals surface area (Å²) in [6.07, 6.45) is 4.50. The van der Waals surface area contributed by atoms with E-state index in [9.17, 15) is 14.7 Å². The Bertz CT molecular complexity index is 559. The molecule has 0 aromatic heterocycles. The van der Waals surface area contributed by atoms with Gasteiger partial charge in [-0.15, -0.1) is 0 Å². The number of fused-ring (bicyclic) bond motifs is 1. The number of amides is 2. The number of unbranched alkanes of at least 4 members (excludes halogenated alkanes) is 3. The molecule has 0 saturated carbocycles. The SMILES string of the molecule is CCCCCCC1(C(N)=O)c2ccccc2C(=O)N1CCO. The molecule has 0 spiro atoms. The molecule has 5 heteroatoms. The number of β-amino-alcohol motifs (C(OH)–C–C–N with tert-alkyl or cyclic N) is 1. The van der Waals surface area contributed by atoms with Gasteiger partial charge in [0, 0.05) is 12.1 Å². The van der Waals surface area contributed by atoms with Crippen LogP contribution in [0.5, 0.6) is 0 Å². The minimum absolute atomic E-state index is 0.115. The molecule has 3 N–H and O–H groups in total. The molecule has 2 amide bonds. The molecule has 0 saturated heterocycles. The highest BCUT2D eigenvalue weighted by molar-refractivity contribution is 6.06. The first-order chi connectivity index (χ1) is 10.6. The Balaban J connectivity index is 2.42. The summed E-state index contributed by atoms with van der Waals surface area (Å²) in [6, 6.07) is 7.12. The van der Waals surface area contributed by atoms with Crippen molar-refractivity contribution >= 4 is 11.8 Å². The molecule has 2 rings (SSSR count). The summed E-state index contributed by atoms with van der Waals surface area (Å²) in [6.45, 7) is 2.05. The Kier molecular flexibility index (Phi) is 5.19. The Labute approximate surface area is 131 Å². The summed E-state index contributed by atoms with van der Waals surface area (Å²) in [5.41, 5.74) is 5.81. The van der Waals surface area contributed by atoms with Crippen molar-refractivity contribution in [3.8, 4) is 0 Å². The molecule has 1 aromatic rings. The third-order valence-electron chi connectivity index (χ3n) is 4.43. The van der Waals surface area contributed by atoms with E-state index in [2.05, 4.69) is 6.92 Å². The summed E-state index contributed by atoms with van der Waals surface area (Å²) in [7, 11) is 0. The minimum Gasteiger partial charge on any atom is -0.395 e. The first kappa shape index (κ1) is 16.5. The van der Waals surface area contributed by atoms with Gasteiger partial charge in [0.25, 0.3) is 5.91 Å². The monoisotopic (exact) mass is 304 g/mol. The van der Waals surface area contributed by atoms with E-state index in [1.54, 1.807) is 18.2 Å². The summed E-state index contributed by atoms with van der Waals surface area (Å²) < 4.78 is 0. The van der Waals surface area contributed by atoms with E-state index in [4.69, 9.17) is 5.73 Å². The molecule has 1 heterocycles. The molecule has 120 valence electrons. The fourth-order valence-corrected chi connectivity index (χ4v) is 3.35. The molecule has 22 heavy (non-hydrogen) atoms. The molecule has 0 fully saturated rings. The number of nitrogens with zero attached hydrogens (tertiary/aromatic N) is 1. The summed E-state index contributed by atoms with van der Waals surface area (Å²) >= 11 is 0. The smallest absolute Gasteiger partial charge is 0.255 e. The number of rotatable bonds is 8. The maximum atomic E-state index is 12.6. The second-order valence-corrected chi connectivity index (χ2v) is 5.76. The van der Waals surface area contributed by atoms with Gasteiger partial charge in [-0.3, -0.25) is 9.59 Å². The molecule has 1 atom stereocenters. The van der Waals surface area contributed by atoms with Crippen LogP contribution in [0.1, 0.15) is 54.9 Å². The molecule has 1 aliphatic rings. The van der Waals surface area contributed by atoms with Crippen LogP contribution in [0.15, 0.2) is 24.3 Å². The van der Waals surface area contributed by atoms with Crippen molar-refractivity contribution in [2.45, 2.75) is 44.6 Å². The summed E-state index contributed by atoms with van der Waals surface area (Å²) in [4.78, 5) is 26.4. The average Bonchev–Trinajstić information content (AvgIpc) is 2.75. The zero-order valence-electron chi connectivity index (χ0n) is 13.0. The van der Waals surface area contributed by atoms with Crippen molar-refractivity contribution in [1.82, 2.24) is 4.90 Å². The van der Waals surface area contributed by atoms with Gasteiger partial charge in [0.05, 0.1) is 6.61 Å². The standard InChI is InChI=1S/C17H24N2O3/c1-2-3-4-7-10-17(16(18)22)14-9-6-5-8-13(14)15(21)19(17)11-12-20/h5-6,8-9,20H,2-4,7,10-12H2,1H3,(H2,18,22). The van der Waals surface area contributed by atoms with Gasteiger partial charge in [-0.1, -0.05) is 50.8 Å². The van der Waals surface area contributed by atoms with E-state index in [0.717, 1.165) is 25.7 Å². The van der Waals surface area contributed by atoms with Crippen LogP contribution in [-0.4, -0.2) is 35.0 Å². The largest absolute Gasteiger partial charge is 0.395 e. The lowest BCUT2D eigenvalue weighted by molar-refractivity contribution is -0.129. The van der Waals surface area contributed by atoms with Crippen LogP contribution in [0, 0.1) is 0 Å². The molecule has 5 nitrogen and oxygen atoms in total. The summed E-state index contributed by atoms with van der Waals surface area (Å²) in [5, 5.41) is 9.30. The van der Waals surface area contributed by atoms with Crippen LogP contribution in [-0.2, 0) is 10.3 Å². The lowest BCUT2D eigenvalue weighted by Gasteiger charge is -2.36. The quantitative estimate of drug-likeness (QED) is 0.718. The average molecular weight is 304 g/mol. The van der Waals surface area contributed by atoms with Crippen LogP contribution in [0.25, 0.3) is 0 Å². The number of aliphatic hydroxyl groups excluding tert-OH is 1. The van der Waals surface area contributed by atoms with Crippen molar-refractivity contribution in [1.29, 1.82) is 0 Å². The normalized spacial score (nSPS) is 20.3. The van der Waals surface area contributed by atoms with Gasteiger partial charge in [0.15, 0.2) is 0 Å². The maximum absolute atomic E-state index is 12.6. The third-order valence-corrected chi connectivity index (χ3v) is 4.43. The van der Waals surface area contributed by atoms with Gasteiger partial charge in [0.1, 0.15) is 5.54 Å². The molecule has 0 aliphatic carbocycles. The molecular weight excluding hydrogens is 280 g/mol. The van der Waals surface area contributed by atoms with E-state index in [0.29, 0.717) is 17.5 Å². The summed E-state index contributed by atoms with van der Waals surface area (Å²) in [5.74, 6) is -0.741. The van der Waals surface area contributed by atoms with E-state index >= 15 is 0 Å². The fourth-order valence-electron chi connectivity index (χ4n) is 3.35. The number of hydrogen-bond donors (Lipinski definition) is 2. The first-order valence-corrected chi connectivity index (χ1v) is 7.91. The zero-order chi connectivity index (χ0) is 16.2. The first-order valence-electron chi connectivity index (χ1n) is 7.91. The lowest BCUT2D eigenvalue weighted by Crippen LogP contribution is -2.53. The van der Waals surface area contributed by atoms with Crippen LogP contribution >= 0.6 is 0 Å². The highest BCUT2D eigenvalue weighted by atomic mass is 16.3. The second-order valence-electron chi connectivity index (χ2n) is 5.76. The molecule has 1 unspecified atom stereocenters. The van der Waals surface area contributed by atoms with Crippen molar-refractivity contribution in [3.05, 3.63) is 35.4 Å². The van der Waals surface area contributed by atoms with E-state index < -0.39 is 11.4 Å². The number of carbonyl (C=O) groups excluding carboxylic acids is 2. The van der Waals surface area contributed by atoms with Crippen molar-refractivity contribution in [3.63, 3.8) is 0 Å². The van der Waals surface area contributed by atoms with Crippen LogP contribution in [0.4, 0.5) is 0 Å². The van der Waals surface area contributed by atoms with E-state index in [-0.39, 0.29) is 19.1 Å². The van der Waals surface area contributed by atoms with Gasteiger partial charge in [-0.05, 0) is 18.1 Å². The van der Waals surface area contributed by atoms with Gasteiger partial charge < -0.3 is 15.7 Å². The van der Waals surface area contributed by atoms with Crippen molar-refractivity contribution in [2.75, 3.05) is 13.2 Å². The molecule has 0 radical (unpaired) electrons. The molecule has 1 aromatic carbocycles. The number of primary amides is 1. The van der Waals surface area contributed by atoms with Crippen LogP contribution < -0.4 is 5.73 Å². The number of hydrogen-bond acceptors (Lipinski definition) is 3. The van der Waals surface area contributed by atoms with E-state index in [1.807, 2.05) is 6.07 Å². The Morgan fingerprint density at radius 2 is 2.00 bits per heavy atom. The zero-order valence-corrected chi connectivity index (χ0v) is 13.0. The minimum atomic E-state index is -1.12. The predicted octanol–water partition coefficient (Wildman–Crippen LogP) is 1.79. The highest BCUT2D eigenvalue weighted by Crippen LogP contribution is 2.42. The third kappa shape index (κ3) is 2.61. The van der Waals surface area contributed by atoms with Crippen LogP contribution in [0.2, 0.25) is 0 Å². The van der Waals surface area contributed by atoms with Gasteiger partial charge in [-0.25, -0.2) is 0 Å². The number of carbonyl (C=O) groups is 2. The van der Waals surface area contributed by atoms with Crippen LogP contribution in [0.3, 0.4) is 0 Å². The maximum Gasteiger partial charge on any atom is 0.255 e. The van der Waals surface area contributed by atoms with Crippen molar-refractivity contribution < 1.29 is 14.7 Å². The second kappa shape index (κ2) is 6.92. The molecule has 1 aliphatic heterocycles. The highest BCUT2D eigenvalue weighted by Gasteiger charge is 2.52. The Morgan fingerprint density at radius 1 is 1.27 bits per heavy atom. The Hall–Kier alpha value is -1.88. The fraction of sp³-hybridized carbons (Fsp3) is 0.529. The van der Waals surface area contributed by atoms with Gasteiger partial charge in [-0.2, -0.15) is 0 Å². The number of benzene rings is 1. The predicted molar refractivity (Wildman–Crippen MR) is 84.2 cm³/mol. The molecular formula is C17H24N2O3. The lowest BCUT2D eigenvalue weighted by atomic mass is 9.83. The number of nitrogens with two attached hydrogens (primary N) is 1.